The molecule has 0 radical (unpaired) electrons. The summed E-state index contributed by atoms with van der Waals surface area (Å²) in [5.41, 5.74) is 7.62. The van der Waals surface area contributed by atoms with Gasteiger partial charge in [0.1, 0.15) is 6.61 Å². The third-order valence-electron chi connectivity index (χ3n) is 7.70. The average Bonchev–Trinajstić information content (AvgIpc) is 3.37. The highest BCUT2D eigenvalue weighted by Crippen LogP contribution is 2.45. The summed E-state index contributed by atoms with van der Waals surface area (Å²) in [4.78, 5) is 15.2. The number of amides is 1. The van der Waals surface area contributed by atoms with Crippen LogP contribution in [-0.4, -0.2) is 36.3 Å². The van der Waals surface area contributed by atoms with Crippen LogP contribution in [0.1, 0.15) is 48.3 Å². The minimum Gasteiger partial charge on any atom is -0.448 e. The first-order valence-electron chi connectivity index (χ1n) is 12.7. The molecule has 2 bridgehead atoms. The molecule has 3 aliphatic rings. The van der Waals surface area contributed by atoms with Crippen LogP contribution in [0.25, 0.3) is 11.1 Å². The highest BCUT2D eigenvalue weighted by molar-refractivity contribution is 5.79. The molecule has 0 saturated carbocycles. The Bertz CT molecular complexity index is 1190. The van der Waals surface area contributed by atoms with Gasteiger partial charge in [0.2, 0.25) is 0 Å². The Kier molecular flexibility index (Phi) is 6.13. The molecule has 1 fully saturated rings. The van der Waals surface area contributed by atoms with Crippen LogP contribution in [0.5, 0.6) is 0 Å². The highest BCUT2D eigenvalue weighted by Gasteiger charge is 2.41. The van der Waals surface area contributed by atoms with Crippen LogP contribution in [-0.2, 0) is 16.1 Å². The van der Waals surface area contributed by atoms with Crippen molar-refractivity contribution in [1.29, 1.82) is 0 Å². The molecule has 178 valence electrons. The molecule has 4 heteroatoms. The SMILES string of the molecule is O=C(OCC1c2ccccc2-c2ccccc21)N1C2C=C(CCOCc3ccccc3)CC1CC2. The van der Waals surface area contributed by atoms with E-state index in [4.69, 9.17) is 9.47 Å². The van der Waals surface area contributed by atoms with Gasteiger partial charge in [0, 0.05) is 12.0 Å². The van der Waals surface area contributed by atoms with Crippen LogP contribution in [0.3, 0.4) is 0 Å². The Hall–Kier alpha value is -3.37. The molecule has 6 rings (SSSR count). The summed E-state index contributed by atoms with van der Waals surface area (Å²) in [6, 6.07) is 27.6. The van der Waals surface area contributed by atoms with Crippen molar-refractivity contribution in [1.82, 2.24) is 4.90 Å². The Labute approximate surface area is 207 Å². The molecule has 35 heavy (non-hydrogen) atoms. The molecule has 1 amide bonds. The van der Waals surface area contributed by atoms with Gasteiger partial charge in [0.25, 0.3) is 0 Å². The van der Waals surface area contributed by atoms with Gasteiger partial charge >= 0.3 is 6.09 Å². The maximum absolute atomic E-state index is 13.2. The molecule has 2 unspecified atom stereocenters. The molecule has 0 aromatic heterocycles. The zero-order valence-electron chi connectivity index (χ0n) is 19.9. The Morgan fingerprint density at radius 2 is 1.54 bits per heavy atom. The van der Waals surface area contributed by atoms with Crippen molar-refractivity contribution in [3.63, 3.8) is 0 Å². The predicted octanol–water partition coefficient (Wildman–Crippen LogP) is 6.71. The average molecular weight is 466 g/mol. The summed E-state index contributed by atoms with van der Waals surface area (Å²) < 4.78 is 11.9. The molecule has 0 spiro atoms. The number of nitrogens with zero attached hydrogens (tertiary/aromatic N) is 1. The van der Waals surface area contributed by atoms with Crippen LogP contribution in [0.2, 0.25) is 0 Å². The van der Waals surface area contributed by atoms with Crippen molar-refractivity contribution in [2.75, 3.05) is 13.2 Å². The quantitative estimate of drug-likeness (QED) is 0.288. The monoisotopic (exact) mass is 465 g/mol. The van der Waals surface area contributed by atoms with E-state index in [-0.39, 0.29) is 24.1 Å². The minimum atomic E-state index is -0.171. The van der Waals surface area contributed by atoms with Gasteiger partial charge in [-0.2, -0.15) is 0 Å². The third kappa shape index (κ3) is 4.39. The normalized spacial score (nSPS) is 20.3. The molecular weight excluding hydrogens is 434 g/mol. The number of carbonyl (C=O) groups excluding carboxylic acids is 1. The van der Waals surface area contributed by atoms with E-state index in [1.165, 1.54) is 33.4 Å². The number of hydrogen-bond donors (Lipinski definition) is 0. The van der Waals surface area contributed by atoms with Crippen LogP contribution in [0.15, 0.2) is 90.5 Å². The maximum Gasteiger partial charge on any atom is 0.410 e. The van der Waals surface area contributed by atoms with E-state index in [0.29, 0.717) is 19.8 Å². The van der Waals surface area contributed by atoms with Gasteiger partial charge in [-0.3, -0.25) is 4.90 Å². The van der Waals surface area contributed by atoms with Crippen molar-refractivity contribution in [3.05, 3.63) is 107 Å². The minimum absolute atomic E-state index is 0.0988. The highest BCUT2D eigenvalue weighted by atomic mass is 16.6. The molecule has 1 aliphatic carbocycles. The van der Waals surface area contributed by atoms with Crippen LogP contribution < -0.4 is 0 Å². The zero-order chi connectivity index (χ0) is 23.6. The van der Waals surface area contributed by atoms with Gasteiger partial charge < -0.3 is 9.47 Å². The molecule has 3 aromatic carbocycles. The predicted molar refractivity (Wildman–Crippen MR) is 137 cm³/mol. The Balaban J connectivity index is 1.06. The largest absolute Gasteiger partial charge is 0.448 e. The summed E-state index contributed by atoms with van der Waals surface area (Å²) >= 11 is 0. The summed E-state index contributed by atoms with van der Waals surface area (Å²) in [7, 11) is 0. The molecule has 2 aliphatic heterocycles. The summed E-state index contributed by atoms with van der Waals surface area (Å²) in [5.74, 6) is 0.0988. The van der Waals surface area contributed by atoms with E-state index < -0.39 is 0 Å². The van der Waals surface area contributed by atoms with Crippen LogP contribution >= 0.6 is 0 Å². The summed E-state index contributed by atoms with van der Waals surface area (Å²) in [5, 5.41) is 0. The zero-order valence-corrected chi connectivity index (χ0v) is 19.9. The number of benzene rings is 3. The standard InChI is InChI=1S/C31H31NO3/c33-31(35-21-30-28-12-6-4-10-26(28)27-11-5-7-13-29(27)30)32-24-14-15-25(32)19-23(18-24)16-17-34-20-22-8-2-1-3-9-22/h1-13,18,24-25,30H,14-17,19-21H2. The third-order valence-corrected chi connectivity index (χ3v) is 7.70. The van der Waals surface area contributed by atoms with Crippen molar-refractivity contribution in [3.8, 4) is 11.1 Å². The van der Waals surface area contributed by atoms with Crippen molar-refractivity contribution >= 4 is 6.09 Å². The fourth-order valence-corrected chi connectivity index (χ4v) is 6.02. The van der Waals surface area contributed by atoms with Crippen molar-refractivity contribution < 1.29 is 14.3 Å². The topological polar surface area (TPSA) is 38.8 Å². The number of carbonyl (C=O) groups is 1. The smallest absolute Gasteiger partial charge is 0.410 e. The van der Waals surface area contributed by atoms with E-state index in [1.807, 2.05) is 23.1 Å². The van der Waals surface area contributed by atoms with E-state index in [0.717, 1.165) is 25.7 Å². The number of hydrogen-bond acceptors (Lipinski definition) is 3. The second-order valence-electron chi connectivity index (χ2n) is 9.83. The van der Waals surface area contributed by atoms with Gasteiger partial charge in [0.05, 0.1) is 19.3 Å². The van der Waals surface area contributed by atoms with Gasteiger partial charge in [-0.25, -0.2) is 4.79 Å². The Morgan fingerprint density at radius 3 is 2.26 bits per heavy atom. The molecular formula is C31H31NO3. The Morgan fingerprint density at radius 1 is 0.857 bits per heavy atom. The molecule has 2 atom stereocenters. The first-order chi connectivity index (χ1) is 17.3. The lowest BCUT2D eigenvalue weighted by atomic mass is 9.98. The van der Waals surface area contributed by atoms with Gasteiger partial charge in [-0.05, 0) is 53.5 Å². The molecule has 3 aromatic rings. The summed E-state index contributed by atoms with van der Waals surface area (Å²) in [6.45, 7) is 1.74. The van der Waals surface area contributed by atoms with Crippen LogP contribution in [0, 0.1) is 0 Å². The van der Waals surface area contributed by atoms with E-state index >= 15 is 0 Å². The van der Waals surface area contributed by atoms with E-state index in [9.17, 15) is 4.79 Å². The number of fused-ring (bicyclic) bond motifs is 5. The van der Waals surface area contributed by atoms with Gasteiger partial charge in [-0.1, -0.05) is 90.5 Å². The van der Waals surface area contributed by atoms with Crippen molar-refractivity contribution in [2.24, 2.45) is 0 Å². The maximum atomic E-state index is 13.2. The fraction of sp³-hybridized carbons (Fsp3) is 0.323. The van der Waals surface area contributed by atoms with Gasteiger partial charge in [-0.15, -0.1) is 0 Å². The molecule has 4 nitrogen and oxygen atoms in total. The number of ether oxygens (including phenoxy) is 2. The lowest BCUT2D eigenvalue weighted by Gasteiger charge is -2.33. The first kappa shape index (κ1) is 22.1. The van der Waals surface area contributed by atoms with Gasteiger partial charge in [0.15, 0.2) is 0 Å². The molecule has 1 saturated heterocycles. The second-order valence-corrected chi connectivity index (χ2v) is 9.83. The van der Waals surface area contributed by atoms with E-state index in [1.54, 1.807) is 0 Å². The first-order valence-corrected chi connectivity index (χ1v) is 12.7. The van der Waals surface area contributed by atoms with Crippen molar-refractivity contribution in [2.45, 2.75) is 50.3 Å². The fourth-order valence-electron chi connectivity index (χ4n) is 6.02. The summed E-state index contributed by atoms with van der Waals surface area (Å²) in [6.07, 6.45) is 6.03. The van der Waals surface area contributed by atoms with E-state index in [2.05, 4.69) is 66.7 Å². The second kappa shape index (κ2) is 9.71. The molecule has 0 N–H and O–H groups in total. The lowest BCUT2D eigenvalue weighted by molar-refractivity contribution is 0.0836. The number of rotatable bonds is 7. The van der Waals surface area contributed by atoms with Crippen LogP contribution in [0.4, 0.5) is 4.79 Å². The molecule has 2 heterocycles. The lowest BCUT2D eigenvalue weighted by Crippen LogP contribution is -2.43.